The number of amides is 1. The van der Waals surface area contributed by atoms with Crippen molar-refractivity contribution < 1.29 is 14.5 Å². The topological polar surface area (TPSA) is 107 Å². The van der Waals surface area contributed by atoms with Gasteiger partial charge in [0.15, 0.2) is 5.78 Å². The predicted molar refractivity (Wildman–Crippen MR) is 91.5 cm³/mol. The maximum atomic E-state index is 12.4. The average Bonchev–Trinajstić information content (AvgIpc) is 2.81. The fourth-order valence-electron chi connectivity index (χ4n) is 2.57. The Balaban J connectivity index is 2.05. The van der Waals surface area contributed by atoms with E-state index < -0.39 is 4.92 Å². The Labute approximate surface area is 145 Å². The van der Waals surface area contributed by atoms with E-state index in [9.17, 15) is 19.7 Å². The molecule has 8 heteroatoms. The van der Waals surface area contributed by atoms with Crippen LogP contribution in [0.5, 0.6) is 0 Å². The maximum absolute atomic E-state index is 12.4. The molecule has 2 aromatic rings. The van der Waals surface area contributed by atoms with Crippen LogP contribution in [0.3, 0.4) is 0 Å². The molecule has 132 valence electrons. The second-order valence-corrected chi connectivity index (χ2v) is 5.79. The van der Waals surface area contributed by atoms with Crippen molar-refractivity contribution in [1.29, 1.82) is 0 Å². The zero-order chi connectivity index (χ0) is 18.6. The van der Waals surface area contributed by atoms with Gasteiger partial charge in [0.25, 0.3) is 0 Å². The second-order valence-electron chi connectivity index (χ2n) is 5.79. The number of carbonyl (C=O) groups excluding carboxylic acids is 2. The summed E-state index contributed by atoms with van der Waals surface area (Å²) in [4.78, 5) is 33.8. The number of aromatic nitrogens is 2. The number of aryl methyl sites for hydroxylation is 1. The lowest BCUT2D eigenvalue weighted by molar-refractivity contribution is -0.386. The summed E-state index contributed by atoms with van der Waals surface area (Å²) in [7, 11) is 0. The Morgan fingerprint density at radius 1 is 1.24 bits per heavy atom. The van der Waals surface area contributed by atoms with E-state index >= 15 is 0 Å². The smallest absolute Gasteiger partial charge is 0.312 e. The molecule has 0 saturated carbocycles. The lowest BCUT2D eigenvalue weighted by atomic mass is 10.1. The molecular formula is C17H20N4O4. The van der Waals surface area contributed by atoms with E-state index in [1.54, 1.807) is 26.0 Å². The maximum Gasteiger partial charge on any atom is 0.312 e. The van der Waals surface area contributed by atoms with Crippen molar-refractivity contribution in [2.24, 2.45) is 0 Å². The molecule has 0 aliphatic rings. The highest BCUT2D eigenvalue weighted by Crippen LogP contribution is 2.22. The van der Waals surface area contributed by atoms with Gasteiger partial charge >= 0.3 is 5.69 Å². The largest absolute Gasteiger partial charge is 0.356 e. The van der Waals surface area contributed by atoms with Crippen LogP contribution >= 0.6 is 0 Å². The van der Waals surface area contributed by atoms with Gasteiger partial charge in [-0.3, -0.25) is 24.4 Å². The molecule has 1 heterocycles. The zero-order valence-corrected chi connectivity index (χ0v) is 14.4. The van der Waals surface area contributed by atoms with Crippen LogP contribution in [0, 0.1) is 24.0 Å². The monoisotopic (exact) mass is 344 g/mol. The minimum atomic E-state index is -0.484. The Morgan fingerprint density at radius 2 is 1.88 bits per heavy atom. The van der Waals surface area contributed by atoms with Crippen molar-refractivity contribution in [3.8, 4) is 0 Å². The first-order valence-electron chi connectivity index (χ1n) is 7.84. The molecule has 1 amide bonds. The molecule has 25 heavy (non-hydrogen) atoms. The van der Waals surface area contributed by atoms with Gasteiger partial charge in [-0.05, 0) is 25.8 Å². The Kier molecular flexibility index (Phi) is 5.63. The fourth-order valence-corrected chi connectivity index (χ4v) is 2.57. The van der Waals surface area contributed by atoms with Crippen LogP contribution in [-0.2, 0) is 17.8 Å². The van der Waals surface area contributed by atoms with Crippen molar-refractivity contribution >= 4 is 17.4 Å². The van der Waals surface area contributed by atoms with Crippen molar-refractivity contribution in [3.05, 3.63) is 56.9 Å². The van der Waals surface area contributed by atoms with Crippen molar-refractivity contribution in [2.45, 2.75) is 33.7 Å². The van der Waals surface area contributed by atoms with Crippen LogP contribution in [0.2, 0.25) is 0 Å². The molecule has 0 radical (unpaired) electrons. The van der Waals surface area contributed by atoms with Crippen LogP contribution < -0.4 is 5.32 Å². The van der Waals surface area contributed by atoms with E-state index in [0.29, 0.717) is 29.9 Å². The van der Waals surface area contributed by atoms with Gasteiger partial charge in [-0.1, -0.05) is 24.3 Å². The number of benzene rings is 1. The molecule has 0 unspecified atom stereocenters. The quantitative estimate of drug-likeness (QED) is 0.469. The standard InChI is InChI=1S/C17H20N4O4/c1-11-17(21(24)25)12(2)20(19-11)10-16(23)15-6-4-14(5-7-15)8-9-18-13(3)22/h4-7H,8-10H2,1-3H3,(H,18,22). The van der Waals surface area contributed by atoms with Gasteiger partial charge in [0.1, 0.15) is 17.9 Å². The van der Waals surface area contributed by atoms with E-state index in [1.807, 2.05) is 12.1 Å². The number of nitrogens with one attached hydrogen (secondary N) is 1. The summed E-state index contributed by atoms with van der Waals surface area (Å²) < 4.78 is 1.36. The lowest BCUT2D eigenvalue weighted by Gasteiger charge is -2.06. The van der Waals surface area contributed by atoms with E-state index in [2.05, 4.69) is 10.4 Å². The number of hydrogen-bond donors (Lipinski definition) is 1. The number of carbonyl (C=O) groups is 2. The summed E-state index contributed by atoms with van der Waals surface area (Å²) in [5, 5.41) is 17.8. The number of nitro groups is 1. The Bertz CT molecular complexity index is 809. The minimum absolute atomic E-state index is 0.0498. The number of hydrogen-bond acceptors (Lipinski definition) is 5. The van der Waals surface area contributed by atoms with Gasteiger partial charge in [0.05, 0.1) is 4.92 Å². The number of rotatable bonds is 7. The SMILES string of the molecule is CC(=O)NCCc1ccc(C(=O)Cn2nc(C)c([N+](=O)[O-])c2C)cc1. The summed E-state index contributed by atoms with van der Waals surface area (Å²) in [5.41, 5.74) is 2.12. The first kappa shape index (κ1) is 18.3. The first-order chi connectivity index (χ1) is 11.8. The number of ketones is 1. The summed E-state index contributed by atoms with van der Waals surface area (Å²) in [5.74, 6) is -0.250. The number of nitrogens with zero attached hydrogens (tertiary/aromatic N) is 3. The molecule has 0 aliphatic heterocycles. The molecular weight excluding hydrogens is 324 g/mol. The van der Waals surface area contributed by atoms with Crippen LogP contribution in [0.1, 0.15) is 34.2 Å². The van der Waals surface area contributed by atoms with Crippen LogP contribution in [0.25, 0.3) is 0 Å². The van der Waals surface area contributed by atoms with Gasteiger partial charge in [-0.25, -0.2) is 0 Å². The van der Waals surface area contributed by atoms with Crippen LogP contribution in [0.4, 0.5) is 5.69 Å². The number of Topliss-reactive ketones (excluding diaryl/α,β-unsaturated/α-hetero) is 1. The molecule has 0 fully saturated rings. The molecule has 0 bridgehead atoms. The zero-order valence-electron chi connectivity index (χ0n) is 14.4. The highest BCUT2D eigenvalue weighted by Gasteiger charge is 2.22. The first-order valence-corrected chi connectivity index (χ1v) is 7.84. The fraction of sp³-hybridized carbons (Fsp3) is 0.353. The third-order valence-electron chi connectivity index (χ3n) is 3.88. The van der Waals surface area contributed by atoms with Crippen molar-refractivity contribution in [1.82, 2.24) is 15.1 Å². The summed E-state index contributed by atoms with van der Waals surface area (Å²) in [6.07, 6.45) is 0.678. The van der Waals surface area contributed by atoms with Crippen LogP contribution in [-0.4, -0.2) is 32.9 Å². The second kappa shape index (κ2) is 7.69. The summed E-state index contributed by atoms with van der Waals surface area (Å²) in [6.45, 7) is 5.08. The molecule has 0 spiro atoms. The lowest BCUT2D eigenvalue weighted by Crippen LogP contribution is -2.22. The minimum Gasteiger partial charge on any atom is -0.356 e. The molecule has 8 nitrogen and oxygen atoms in total. The van der Waals surface area contributed by atoms with E-state index in [0.717, 1.165) is 5.56 Å². The summed E-state index contributed by atoms with van der Waals surface area (Å²) >= 11 is 0. The molecule has 1 aromatic carbocycles. The van der Waals surface area contributed by atoms with Gasteiger partial charge in [-0.15, -0.1) is 0 Å². The Morgan fingerprint density at radius 3 is 2.40 bits per heavy atom. The third-order valence-corrected chi connectivity index (χ3v) is 3.88. The van der Waals surface area contributed by atoms with Gasteiger partial charge in [0.2, 0.25) is 5.91 Å². The predicted octanol–water partition coefficient (Wildman–Crippen LogP) is 1.97. The van der Waals surface area contributed by atoms with E-state index in [-0.39, 0.29) is 23.9 Å². The van der Waals surface area contributed by atoms with Crippen molar-refractivity contribution in [3.63, 3.8) is 0 Å². The van der Waals surface area contributed by atoms with E-state index in [1.165, 1.54) is 11.6 Å². The van der Waals surface area contributed by atoms with Crippen molar-refractivity contribution in [2.75, 3.05) is 6.54 Å². The van der Waals surface area contributed by atoms with Gasteiger partial charge in [-0.2, -0.15) is 5.10 Å². The molecule has 0 atom stereocenters. The normalized spacial score (nSPS) is 10.5. The Hall–Kier alpha value is -3.03. The molecule has 2 rings (SSSR count). The van der Waals surface area contributed by atoms with Gasteiger partial charge < -0.3 is 5.32 Å². The molecule has 0 aliphatic carbocycles. The molecule has 1 aromatic heterocycles. The average molecular weight is 344 g/mol. The van der Waals surface area contributed by atoms with E-state index in [4.69, 9.17) is 0 Å². The summed E-state index contributed by atoms with van der Waals surface area (Å²) in [6, 6.07) is 7.09. The van der Waals surface area contributed by atoms with Crippen LogP contribution in [0.15, 0.2) is 24.3 Å². The molecule has 0 saturated heterocycles. The van der Waals surface area contributed by atoms with Gasteiger partial charge in [0, 0.05) is 19.0 Å². The highest BCUT2D eigenvalue weighted by molar-refractivity contribution is 5.95. The molecule has 1 N–H and O–H groups in total. The highest BCUT2D eigenvalue weighted by atomic mass is 16.6. The third kappa shape index (κ3) is 4.50.